The molecule has 1 aromatic heterocycles. The second kappa shape index (κ2) is 7.91. The minimum Gasteiger partial charge on any atom is -0.459 e. The Hall–Kier alpha value is -3.41. The van der Waals surface area contributed by atoms with Crippen molar-refractivity contribution in [1.29, 1.82) is 0 Å². The molecule has 2 atom stereocenters. The van der Waals surface area contributed by atoms with Crippen molar-refractivity contribution < 1.29 is 18.4 Å². The Labute approximate surface area is 168 Å². The van der Waals surface area contributed by atoms with Crippen LogP contribution in [-0.4, -0.2) is 22.8 Å². The third kappa shape index (κ3) is 3.92. The summed E-state index contributed by atoms with van der Waals surface area (Å²) < 4.78 is 18.4. The maximum Gasteiger partial charge on any atom is 0.290 e. The summed E-state index contributed by atoms with van der Waals surface area (Å²) in [6, 6.07) is 16.1. The van der Waals surface area contributed by atoms with E-state index in [1.165, 1.54) is 18.4 Å². The molecule has 6 heteroatoms. The van der Waals surface area contributed by atoms with Crippen LogP contribution in [-0.2, 0) is 17.8 Å². The van der Waals surface area contributed by atoms with Crippen molar-refractivity contribution in [2.24, 2.45) is 0 Å². The number of carbonyl (C=O) groups is 2. The number of rotatable bonds is 4. The molecule has 0 spiro atoms. The molecule has 0 fully saturated rings. The Morgan fingerprint density at radius 1 is 1.07 bits per heavy atom. The van der Waals surface area contributed by atoms with Crippen molar-refractivity contribution >= 4 is 11.8 Å². The van der Waals surface area contributed by atoms with Crippen molar-refractivity contribution in [3.8, 4) is 0 Å². The van der Waals surface area contributed by atoms with E-state index in [2.05, 4.69) is 5.32 Å². The first-order valence-corrected chi connectivity index (χ1v) is 9.50. The normalized spacial score (nSPS) is 16.8. The minimum atomic E-state index is -0.662. The fourth-order valence-corrected chi connectivity index (χ4v) is 3.66. The van der Waals surface area contributed by atoms with Crippen LogP contribution in [0.25, 0.3) is 0 Å². The lowest BCUT2D eigenvalue weighted by atomic mass is 9.93. The van der Waals surface area contributed by atoms with Gasteiger partial charge in [-0.1, -0.05) is 36.4 Å². The molecule has 4 rings (SSSR count). The summed E-state index contributed by atoms with van der Waals surface area (Å²) in [5, 5.41) is 2.96. The molecule has 1 aliphatic heterocycles. The van der Waals surface area contributed by atoms with E-state index in [1.807, 2.05) is 31.2 Å². The molecule has 3 aromatic rings. The SMILES string of the molecule is CC(NC(=O)C1Cc2ccccc2CN1C(=O)c1ccco1)c1ccc(F)cc1. The average molecular weight is 392 g/mol. The van der Waals surface area contributed by atoms with E-state index in [9.17, 15) is 14.0 Å². The molecule has 2 amide bonds. The number of hydrogen-bond acceptors (Lipinski definition) is 3. The van der Waals surface area contributed by atoms with Gasteiger partial charge in [-0.05, 0) is 47.9 Å². The number of fused-ring (bicyclic) bond motifs is 1. The fraction of sp³-hybridized carbons (Fsp3) is 0.217. The lowest BCUT2D eigenvalue weighted by molar-refractivity contribution is -0.126. The van der Waals surface area contributed by atoms with Gasteiger partial charge in [0.1, 0.15) is 11.9 Å². The number of halogens is 1. The Morgan fingerprint density at radius 2 is 1.79 bits per heavy atom. The van der Waals surface area contributed by atoms with Gasteiger partial charge in [-0.15, -0.1) is 0 Å². The summed E-state index contributed by atoms with van der Waals surface area (Å²) >= 11 is 0. The van der Waals surface area contributed by atoms with Crippen molar-refractivity contribution in [2.45, 2.75) is 32.0 Å². The molecule has 1 N–H and O–H groups in total. The van der Waals surface area contributed by atoms with E-state index in [-0.39, 0.29) is 29.4 Å². The number of furan rings is 1. The Balaban J connectivity index is 1.58. The van der Waals surface area contributed by atoms with Gasteiger partial charge in [-0.3, -0.25) is 9.59 Å². The van der Waals surface area contributed by atoms with Crippen LogP contribution in [0.5, 0.6) is 0 Å². The number of nitrogens with zero attached hydrogens (tertiary/aromatic N) is 1. The van der Waals surface area contributed by atoms with Gasteiger partial charge in [-0.2, -0.15) is 0 Å². The van der Waals surface area contributed by atoms with Gasteiger partial charge >= 0.3 is 0 Å². The smallest absolute Gasteiger partial charge is 0.290 e. The Kier molecular flexibility index (Phi) is 5.16. The molecule has 5 nitrogen and oxygen atoms in total. The van der Waals surface area contributed by atoms with Crippen LogP contribution in [0.4, 0.5) is 4.39 Å². The number of nitrogens with one attached hydrogen (secondary N) is 1. The molecular formula is C23H21FN2O3. The standard InChI is InChI=1S/C23H21FN2O3/c1-15(16-8-10-19(24)11-9-16)25-22(27)20-13-17-5-2-3-6-18(17)14-26(20)23(28)21-7-4-12-29-21/h2-12,15,20H,13-14H2,1H3,(H,25,27). The number of hydrogen-bond donors (Lipinski definition) is 1. The summed E-state index contributed by atoms with van der Waals surface area (Å²) in [4.78, 5) is 27.7. The molecule has 0 aliphatic carbocycles. The van der Waals surface area contributed by atoms with Gasteiger partial charge in [0.2, 0.25) is 5.91 Å². The van der Waals surface area contributed by atoms with Gasteiger partial charge in [0.05, 0.1) is 12.3 Å². The lowest BCUT2D eigenvalue weighted by Crippen LogP contribution is -2.52. The molecule has 0 bridgehead atoms. The van der Waals surface area contributed by atoms with Crippen molar-refractivity contribution in [2.75, 3.05) is 0 Å². The van der Waals surface area contributed by atoms with Crippen molar-refractivity contribution in [3.05, 3.63) is 95.2 Å². The van der Waals surface area contributed by atoms with Crippen molar-refractivity contribution in [1.82, 2.24) is 10.2 Å². The van der Waals surface area contributed by atoms with E-state index in [1.54, 1.807) is 29.2 Å². The van der Waals surface area contributed by atoms with Crippen LogP contribution in [0, 0.1) is 5.82 Å². The maximum absolute atomic E-state index is 13.2. The third-order valence-corrected chi connectivity index (χ3v) is 5.27. The largest absolute Gasteiger partial charge is 0.459 e. The first kappa shape index (κ1) is 18.9. The van der Waals surface area contributed by atoms with Crippen LogP contribution in [0.1, 0.15) is 40.2 Å². The van der Waals surface area contributed by atoms with E-state index in [4.69, 9.17) is 4.42 Å². The van der Waals surface area contributed by atoms with E-state index < -0.39 is 6.04 Å². The highest BCUT2D eigenvalue weighted by atomic mass is 19.1. The molecule has 0 saturated heterocycles. The second-order valence-electron chi connectivity index (χ2n) is 7.18. The zero-order valence-corrected chi connectivity index (χ0v) is 16.0. The van der Waals surface area contributed by atoms with E-state index >= 15 is 0 Å². The quantitative estimate of drug-likeness (QED) is 0.733. The van der Waals surface area contributed by atoms with E-state index in [0.717, 1.165) is 16.7 Å². The number of carbonyl (C=O) groups excluding carboxylic acids is 2. The number of amides is 2. The first-order chi connectivity index (χ1) is 14.0. The Bertz CT molecular complexity index is 1010. The molecule has 2 aromatic carbocycles. The van der Waals surface area contributed by atoms with Gasteiger partial charge in [-0.25, -0.2) is 4.39 Å². The molecule has 2 unspecified atom stereocenters. The third-order valence-electron chi connectivity index (χ3n) is 5.27. The minimum absolute atomic E-state index is 0.203. The molecular weight excluding hydrogens is 371 g/mol. The van der Waals surface area contributed by atoms with Crippen LogP contribution >= 0.6 is 0 Å². The lowest BCUT2D eigenvalue weighted by Gasteiger charge is -2.36. The summed E-state index contributed by atoms with van der Waals surface area (Å²) in [5.74, 6) is -0.699. The highest BCUT2D eigenvalue weighted by Gasteiger charge is 2.36. The van der Waals surface area contributed by atoms with Gasteiger partial charge in [0.15, 0.2) is 5.76 Å². The average Bonchev–Trinajstić information content (AvgIpc) is 3.27. The predicted octanol–water partition coefficient (Wildman–Crippen LogP) is 3.86. The summed E-state index contributed by atoms with van der Waals surface area (Å²) in [7, 11) is 0. The fourth-order valence-electron chi connectivity index (χ4n) is 3.66. The second-order valence-corrected chi connectivity index (χ2v) is 7.18. The first-order valence-electron chi connectivity index (χ1n) is 9.50. The Morgan fingerprint density at radius 3 is 2.48 bits per heavy atom. The van der Waals surface area contributed by atoms with Crippen molar-refractivity contribution in [3.63, 3.8) is 0 Å². The summed E-state index contributed by atoms with van der Waals surface area (Å²) in [5.41, 5.74) is 2.86. The van der Waals surface area contributed by atoms with Crippen LogP contribution in [0.15, 0.2) is 71.3 Å². The molecule has 1 aliphatic rings. The zero-order chi connectivity index (χ0) is 20.4. The van der Waals surface area contributed by atoms with Gasteiger partial charge < -0.3 is 14.6 Å². The van der Waals surface area contributed by atoms with E-state index in [0.29, 0.717) is 13.0 Å². The van der Waals surface area contributed by atoms with Gasteiger partial charge in [0.25, 0.3) is 5.91 Å². The highest BCUT2D eigenvalue weighted by molar-refractivity contribution is 5.96. The van der Waals surface area contributed by atoms with Crippen LogP contribution < -0.4 is 5.32 Å². The molecule has 0 radical (unpaired) electrons. The van der Waals surface area contributed by atoms with Gasteiger partial charge in [0, 0.05) is 13.0 Å². The maximum atomic E-state index is 13.2. The summed E-state index contributed by atoms with van der Waals surface area (Å²) in [6.45, 7) is 2.17. The molecule has 0 saturated carbocycles. The molecule has 2 heterocycles. The monoisotopic (exact) mass is 392 g/mol. The zero-order valence-electron chi connectivity index (χ0n) is 16.0. The molecule has 148 valence electrons. The van der Waals surface area contributed by atoms with Crippen LogP contribution in [0.3, 0.4) is 0 Å². The van der Waals surface area contributed by atoms with Crippen LogP contribution in [0.2, 0.25) is 0 Å². The summed E-state index contributed by atoms with van der Waals surface area (Å²) in [6.07, 6.45) is 1.86. The molecule has 29 heavy (non-hydrogen) atoms. The topological polar surface area (TPSA) is 62.6 Å². The number of benzene rings is 2. The predicted molar refractivity (Wildman–Crippen MR) is 105 cm³/mol. The highest BCUT2D eigenvalue weighted by Crippen LogP contribution is 2.26.